The largest absolute Gasteiger partial charge is 0.279 e. The van der Waals surface area contributed by atoms with Crippen LogP contribution in [-0.2, 0) is 14.8 Å². The van der Waals surface area contributed by atoms with Crippen LogP contribution in [0.2, 0.25) is 10.0 Å². The van der Waals surface area contributed by atoms with Gasteiger partial charge in [-0.25, -0.2) is 8.42 Å². The van der Waals surface area contributed by atoms with Gasteiger partial charge in [-0.2, -0.15) is 0 Å². The second kappa shape index (κ2) is 7.31. The fraction of sp³-hybridized carbons (Fsp3) is 0.188. The maximum Gasteiger partial charge on any atom is 0.266 e. The maximum absolute atomic E-state index is 13.0. The normalized spacial score (nSPS) is 11.4. The number of benzene rings is 2. The molecule has 4 nitrogen and oxygen atoms in total. The van der Waals surface area contributed by atoms with Gasteiger partial charge in [-0.3, -0.25) is 9.10 Å². The smallest absolute Gasteiger partial charge is 0.266 e. The van der Waals surface area contributed by atoms with Crippen LogP contribution in [0.4, 0.5) is 5.69 Å². The summed E-state index contributed by atoms with van der Waals surface area (Å²) >= 11 is 17.4. The van der Waals surface area contributed by atoms with Crippen molar-refractivity contribution in [3.05, 3.63) is 57.6 Å². The molecule has 0 spiro atoms. The van der Waals surface area contributed by atoms with Crippen molar-refractivity contribution in [2.75, 3.05) is 10.8 Å². The van der Waals surface area contributed by atoms with Crippen LogP contribution in [0.3, 0.4) is 0 Å². The van der Waals surface area contributed by atoms with Gasteiger partial charge in [0, 0.05) is 5.02 Å². The van der Waals surface area contributed by atoms with Crippen LogP contribution >= 0.6 is 34.8 Å². The predicted molar refractivity (Wildman–Crippen MR) is 97.8 cm³/mol. The van der Waals surface area contributed by atoms with Gasteiger partial charge in [-0.05, 0) is 66.9 Å². The van der Waals surface area contributed by atoms with E-state index in [1.54, 1.807) is 12.1 Å². The molecule has 0 heterocycles. The number of rotatable bonds is 5. The Balaban J connectivity index is 2.66. The number of hydrogen-bond donors (Lipinski definition) is 0. The summed E-state index contributed by atoms with van der Waals surface area (Å²) in [5.41, 5.74) is 2.03. The van der Waals surface area contributed by atoms with Gasteiger partial charge in [0.25, 0.3) is 10.0 Å². The average molecular weight is 407 g/mol. The van der Waals surface area contributed by atoms with E-state index < -0.39 is 21.8 Å². The molecule has 0 saturated heterocycles. The summed E-state index contributed by atoms with van der Waals surface area (Å²) in [6, 6.07) is 9.32. The molecule has 8 heteroatoms. The molecule has 0 aliphatic rings. The molecule has 0 radical (unpaired) electrons. The summed E-state index contributed by atoms with van der Waals surface area (Å²) in [5, 5.41) is -0.581. The van der Waals surface area contributed by atoms with Gasteiger partial charge in [0.2, 0.25) is 5.24 Å². The zero-order valence-corrected chi connectivity index (χ0v) is 16.0. The summed E-state index contributed by atoms with van der Waals surface area (Å²) in [4.78, 5) is 11.2. The second-order valence-corrected chi connectivity index (χ2v) is 8.38. The van der Waals surface area contributed by atoms with Crippen molar-refractivity contribution in [3.8, 4) is 0 Å². The van der Waals surface area contributed by atoms with Crippen LogP contribution in [0.5, 0.6) is 0 Å². The molecular formula is C16H14Cl3NO3S. The lowest BCUT2D eigenvalue weighted by molar-refractivity contribution is -0.110. The Kier molecular flexibility index (Phi) is 5.81. The number of aryl methyl sites for hydroxylation is 2. The Bertz CT molecular complexity index is 877. The molecule has 0 unspecified atom stereocenters. The fourth-order valence-electron chi connectivity index (χ4n) is 2.32. The summed E-state index contributed by atoms with van der Waals surface area (Å²) in [6.45, 7) is 3.14. The Morgan fingerprint density at radius 1 is 1.04 bits per heavy atom. The van der Waals surface area contributed by atoms with E-state index in [2.05, 4.69) is 0 Å². The van der Waals surface area contributed by atoms with Gasteiger partial charge in [0.15, 0.2) is 0 Å². The van der Waals surface area contributed by atoms with Gasteiger partial charge in [-0.1, -0.05) is 29.3 Å². The molecule has 128 valence electrons. The number of carbonyl (C=O) groups excluding carboxylic acids is 1. The minimum absolute atomic E-state index is 0.01000. The van der Waals surface area contributed by atoms with Crippen LogP contribution < -0.4 is 4.31 Å². The first-order valence-corrected chi connectivity index (χ1v) is 9.43. The van der Waals surface area contributed by atoms with Crippen LogP contribution in [0.25, 0.3) is 0 Å². The van der Waals surface area contributed by atoms with Crippen molar-refractivity contribution in [3.63, 3.8) is 0 Å². The van der Waals surface area contributed by atoms with E-state index in [0.29, 0.717) is 5.69 Å². The van der Waals surface area contributed by atoms with Crippen molar-refractivity contribution in [1.29, 1.82) is 0 Å². The molecule has 24 heavy (non-hydrogen) atoms. The third kappa shape index (κ3) is 4.22. The van der Waals surface area contributed by atoms with E-state index >= 15 is 0 Å². The third-order valence-corrected chi connectivity index (χ3v) is 5.83. The molecule has 0 aromatic heterocycles. The molecule has 2 rings (SSSR count). The lowest BCUT2D eigenvalue weighted by Gasteiger charge is -2.24. The molecule has 0 saturated carbocycles. The first-order valence-electron chi connectivity index (χ1n) is 6.85. The summed E-state index contributed by atoms with van der Waals surface area (Å²) in [7, 11) is -4.12. The van der Waals surface area contributed by atoms with E-state index in [4.69, 9.17) is 34.8 Å². The zero-order chi connectivity index (χ0) is 18.1. The van der Waals surface area contributed by atoms with E-state index in [1.165, 1.54) is 18.2 Å². The van der Waals surface area contributed by atoms with Crippen molar-refractivity contribution in [1.82, 2.24) is 0 Å². The average Bonchev–Trinajstić information content (AvgIpc) is 2.45. The van der Waals surface area contributed by atoms with E-state index in [0.717, 1.165) is 15.4 Å². The van der Waals surface area contributed by atoms with Gasteiger partial charge in [-0.15, -0.1) is 0 Å². The highest BCUT2D eigenvalue weighted by molar-refractivity contribution is 7.93. The van der Waals surface area contributed by atoms with Crippen LogP contribution in [0.1, 0.15) is 11.1 Å². The van der Waals surface area contributed by atoms with Crippen molar-refractivity contribution in [2.45, 2.75) is 18.7 Å². The number of hydrogen-bond acceptors (Lipinski definition) is 3. The summed E-state index contributed by atoms with van der Waals surface area (Å²) < 4.78 is 27.0. The number of nitrogens with zero attached hydrogens (tertiary/aromatic N) is 1. The molecule has 2 aromatic carbocycles. The Hall–Kier alpha value is -1.27. The third-order valence-electron chi connectivity index (χ3n) is 3.22. The number of carbonyl (C=O) groups is 1. The van der Waals surface area contributed by atoms with Crippen LogP contribution in [0.15, 0.2) is 41.3 Å². The zero-order valence-electron chi connectivity index (χ0n) is 12.9. The molecule has 0 amide bonds. The highest BCUT2D eigenvalue weighted by Crippen LogP contribution is 2.31. The minimum atomic E-state index is -4.12. The molecule has 0 fully saturated rings. The molecule has 0 atom stereocenters. The first kappa shape index (κ1) is 19.1. The Morgan fingerprint density at radius 2 is 1.62 bits per heavy atom. The lowest BCUT2D eigenvalue weighted by Crippen LogP contribution is -2.34. The van der Waals surface area contributed by atoms with Gasteiger partial charge in [0.1, 0.15) is 11.4 Å². The summed E-state index contributed by atoms with van der Waals surface area (Å²) in [6.07, 6.45) is 0. The monoisotopic (exact) mass is 405 g/mol. The molecule has 0 aliphatic heterocycles. The van der Waals surface area contributed by atoms with E-state index in [-0.39, 0.29) is 14.9 Å². The quantitative estimate of drug-likeness (QED) is 0.683. The van der Waals surface area contributed by atoms with E-state index in [9.17, 15) is 13.2 Å². The maximum atomic E-state index is 13.0. The van der Waals surface area contributed by atoms with Gasteiger partial charge < -0.3 is 0 Å². The molecular weight excluding hydrogens is 393 g/mol. The van der Waals surface area contributed by atoms with Crippen molar-refractivity contribution >= 4 is 55.8 Å². The second-order valence-electron chi connectivity index (χ2n) is 5.29. The van der Waals surface area contributed by atoms with Crippen LogP contribution in [-0.4, -0.2) is 20.2 Å². The minimum Gasteiger partial charge on any atom is -0.279 e. The SMILES string of the molecule is Cc1cc(C)cc(N(CC(=O)Cl)S(=O)(=O)c2cc(Cl)ccc2Cl)c1. The highest BCUT2D eigenvalue weighted by Gasteiger charge is 2.29. The van der Waals surface area contributed by atoms with E-state index in [1.807, 2.05) is 19.9 Å². The van der Waals surface area contributed by atoms with Crippen molar-refractivity contribution in [2.24, 2.45) is 0 Å². The topological polar surface area (TPSA) is 54.5 Å². The molecule has 0 aliphatic carbocycles. The number of halogens is 3. The fourth-order valence-corrected chi connectivity index (χ4v) is 4.65. The lowest BCUT2D eigenvalue weighted by atomic mass is 10.1. The Morgan fingerprint density at radius 3 is 2.17 bits per heavy atom. The number of anilines is 1. The van der Waals surface area contributed by atoms with Crippen LogP contribution in [0, 0.1) is 13.8 Å². The molecule has 2 aromatic rings. The predicted octanol–water partition coefficient (Wildman–Crippen LogP) is 4.57. The number of sulfonamides is 1. The van der Waals surface area contributed by atoms with Gasteiger partial charge in [0.05, 0.1) is 10.7 Å². The first-order chi connectivity index (χ1) is 11.1. The van der Waals surface area contributed by atoms with Gasteiger partial charge >= 0.3 is 0 Å². The molecule has 0 N–H and O–H groups in total. The summed E-state index contributed by atoms with van der Waals surface area (Å²) in [5.74, 6) is 0. The highest BCUT2D eigenvalue weighted by atomic mass is 35.5. The standard InChI is InChI=1S/C16H14Cl3NO3S/c1-10-5-11(2)7-13(6-10)20(9-16(19)21)24(22,23)15-8-12(17)3-4-14(15)18/h3-8H,9H2,1-2H3. The Labute approximate surface area is 156 Å². The molecule has 0 bridgehead atoms. The van der Waals surface area contributed by atoms with Crippen molar-refractivity contribution < 1.29 is 13.2 Å².